The number of halogens is 6. The van der Waals surface area contributed by atoms with Crippen LogP contribution in [-0.2, 0) is 29.0 Å². The monoisotopic (exact) mass is 468 g/mol. The van der Waals surface area contributed by atoms with E-state index in [1.807, 2.05) is 0 Å². The van der Waals surface area contributed by atoms with E-state index < -0.39 is 38.4 Å². The van der Waals surface area contributed by atoms with Crippen molar-refractivity contribution in [2.75, 3.05) is 26.2 Å². The molecular formula is C16H14F6N6O2S. The maximum absolute atomic E-state index is 13.0. The van der Waals surface area contributed by atoms with Crippen molar-refractivity contribution in [3.8, 4) is 6.07 Å². The van der Waals surface area contributed by atoms with Crippen LogP contribution in [0, 0.1) is 11.3 Å². The molecule has 2 aromatic rings. The van der Waals surface area contributed by atoms with Crippen molar-refractivity contribution in [1.82, 2.24) is 24.0 Å². The first-order valence-corrected chi connectivity index (χ1v) is 10.1. The molecular weight excluding hydrogens is 454 g/mol. The second-order valence-electron chi connectivity index (χ2n) is 6.62. The van der Waals surface area contributed by atoms with Crippen molar-refractivity contribution < 1.29 is 34.8 Å². The minimum atomic E-state index is -5.15. The summed E-state index contributed by atoms with van der Waals surface area (Å²) < 4.78 is 106. The van der Waals surface area contributed by atoms with Crippen LogP contribution in [0.1, 0.15) is 17.0 Å². The third kappa shape index (κ3) is 5.14. The molecule has 0 atom stereocenters. The third-order valence-corrected chi connectivity index (χ3v) is 6.39. The Labute approximate surface area is 172 Å². The van der Waals surface area contributed by atoms with E-state index in [4.69, 9.17) is 5.26 Å². The Morgan fingerprint density at radius 3 is 1.97 bits per heavy atom. The topological polar surface area (TPSA) is 95.1 Å². The molecule has 0 amide bonds. The first-order valence-electron chi connectivity index (χ1n) is 8.62. The van der Waals surface area contributed by atoms with E-state index >= 15 is 0 Å². The van der Waals surface area contributed by atoms with Crippen molar-refractivity contribution in [2.45, 2.75) is 23.9 Å². The summed E-state index contributed by atoms with van der Waals surface area (Å²) in [7, 11) is -4.59. The van der Waals surface area contributed by atoms with Gasteiger partial charge in [-0.15, -0.1) is 5.10 Å². The summed E-state index contributed by atoms with van der Waals surface area (Å²) in [6.07, 6.45) is -8.99. The number of piperazine rings is 1. The van der Waals surface area contributed by atoms with Crippen LogP contribution in [0.3, 0.4) is 0 Å². The molecule has 0 saturated carbocycles. The summed E-state index contributed by atoms with van der Waals surface area (Å²) in [4.78, 5) is 4.40. The summed E-state index contributed by atoms with van der Waals surface area (Å²) in [5.41, 5.74) is -3.39. The van der Waals surface area contributed by atoms with E-state index in [-0.39, 0.29) is 56.9 Å². The Morgan fingerprint density at radius 2 is 1.52 bits per heavy atom. The van der Waals surface area contributed by atoms with Gasteiger partial charge in [0.2, 0.25) is 10.0 Å². The van der Waals surface area contributed by atoms with Gasteiger partial charge in [-0.2, -0.15) is 35.9 Å². The van der Waals surface area contributed by atoms with Crippen LogP contribution in [0.15, 0.2) is 29.4 Å². The van der Waals surface area contributed by atoms with Gasteiger partial charge < -0.3 is 0 Å². The van der Waals surface area contributed by atoms with E-state index in [0.717, 1.165) is 4.31 Å². The van der Waals surface area contributed by atoms with E-state index in [1.54, 1.807) is 11.0 Å². The van der Waals surface area contributed by atoms with Crippen molar-refractivity contribution in [1.29, 1.82) is 5.26 Å². The predicted molar refractivity (Wildman–Crippen MR) is 91.5 cm³/mol. The fourth-order valence-corrected chi connectivity index (χ4v) is 4.45. The number of aromatic nitrogens is 3. The van der Waals surface area contributed by atoms with Gasteiger partial charge in [-0.05, 0) is 18.2 Å². The molecule has 1 aliphatic rings. The van der Waals surface area contributed by atoms with Crippen LogP contribution in [0.5, 0.6) is 0 Å². The minimum absolute atomic E-state index is 0.0498. The van der Waals surface area contributed by atoms with Crippen LogP contribution in [0.25, 0.3) is 0 Å². The number of hydrogen-bond donors (Lipinski definition) is 0. The van der Waals surface area contributed by atoms with Gasteiger partial charge in [0.15, 0.2) is 0 Å². The summed E-state index contributed by atoms with van der Waals surface area (Å²) in [6.45, 7) is 0.169. The highest BCUT2D eigenvalue weighted by atomic mass is 32.2. The number of rotatable bonds is 4. The molecule has 8 nitrogen and oxygen atoms in total. The Bertz CT molecular complexity index is 1060. The zero-order valence-corrected chi connectivity index (χ0v) is 16.3. The quantitative estimate of drug-likeness (QED) is 0.639. The average Bonchev–Trinajstić information content (AvgIpc) is 3.14. The molecule has 2 heterocycles. The number of hydrogen-bond acceptors (Lipinski definition) is 6. The maximum Gasteiger partial charge on any atom is 0.416 e. The second-order valence-corrected chi connectivity index (χ2v) is 8.56. The SMILES string of the molecule is N#Cc1ncn(CN2CCN(S(=O)(=O)c3cc(C(F)(F)F)cc(C(F)(F)F)c3)CC2)n1. The summed E-state index contributed by atoms with van der Waals surface area (Å²) >= 11 is 0. The standard InChI is InChI=1S/C16H14F6N6O2S/c17-15(18,19)11-5-12(16(20,21)22)7-13(6-11)31(29,30)28-3-1-26(2-4-28)10-27-9-24-14(8-23)25-27/h5-7,9H,1-4,10H2. The Balaban J connectivity index is 1.80. The van der Waals surface area contributed by atoms with Gasteiger partial charge in [0.05, 0.1) is 22.7 Å². The molecule has 3 rings (SSSR count). The van der Waals surface area contributed by atoms with Gasteiger partial charge in [-0.1, -0.05) is 0 Å². The van der Waals surface area contributed by atoms with Gasteiger partial charge in [0.25, 0.3) is 5.82 Å². The lowest BCUT2D eigenvalue weighted by molar-refractivity contribution is -0.143. The van der Waals surface area contributed by atoms with Crippen molar-refractivity contribution in [3.63, 3.8) is 0 Å². The Morgan fingerprint density at radius 1 is 0.968 bits per heavy atom. The first-order chi connectivity index (χ1) is 14.3. The molecule has 0 spiro atoms. The lowest BCUT2D eigenvalue weighted by Crippen LogP contribution is -2.48. The molecule has 1 aromatic heterocycles. The van der Waals surface area contributed by atoms with E-state index in [2.05, 4.69) is 10.1 Å². The summed E-state index contributed by atoms with van der Waals surface area (Å²) in [6, 6.07) is 2.04. The van der Waals surface area contributed by atoms with E-state index in [0.29, 0.717) is 0 Å². The van der Waals surface area contributed by atoms with Crippen LogP contribution in [-0.4, -0.2) is 58.6 Å². The number of alkyl halides is 6. The lowest BCUT2D eigenvalue weighted by Gasteiger charge is -2.33. The fourth-order valence-electron chi connectivity index (χ4n) is 2.95. The highest BCUT2D eigenvalue weighted by Crippen LogP contribution is 2.37. The van der Waals surface area contributed by atoms with E-state index in [1.165, 1.54) is 11.0 Å². The molecule has 0 unspecified atom stereocenters. The normalized spacial score (nSPS) is 16.9. The molecule has 1 aliphatic heterocycles. The Kier molecular flexibility index (Phi) is 6.00. The van der Waals surface area contributed by atoms with Crippen LogP contribution in [0.2, 0.25) is 0 Å². The van der Waals surface area contributed by atoms with Gasteiger partial charge in [0, 0.05) is 26.2 Å². The highest BCUT2D eigenvalue weighted by molar-refractivity contribution is 7.89. The molecule has 168 valence electrons. The smallest absolute Gasteiger partial charge is 0.282 e. The molecule has 0 aliphatic carbocycles. The Hall–Kier alpha value is -2.70. The highest BCUT2D eigenvalue weighted by Gasteiger charge is 2.39. The van der Waals surface area contributed by atoms with E-state index in [9.17, 15) is 34.8 Å². The summed E-state index contributed by atoms with van der Waals surface area (Å²) in [5.74, 6) is -0.0498. The molecule has 0 N–H and O–H groups in total. The zero-order valence-electron chi connectivity index (χ0n) is 15.5. The molecule has 0 radical (unpaired) electrons. The van der Waals surface area contributed by atoms with Gasteiger partial charge >= 0.3 is 12.4 Å². The summed E-state index contributed by atoms with van der Waals surface area (Å²) in [5, 5.41) is 12.6. The number of nitriles is 1. The maximum atomic E-state index is 13.0. The fraction of sp³-hybridized carbons (Fsp3) is 0.438. The molecule has 1 saturated heterocycles. The number of nitrogens with zero attached hydrogens (tertiary/aromatic N) is 6. The minimum Gasteiger partial charge on any atom is -0.282 e. The molecule has 0 bridgehead atoms. The van der Waals surface area contributed by atoms with Gasteiger partial charge in [-0.25, -0.2) is 18.1 Å². The molecule has 1 fully saturated rings. The second kappa shape index (κ2) is 8.09. The molecule has 31 heavy (non-hydrogen) atoms. The van der Waals surface area contributed by atoms with Crippen molar-refractivity contribution in [3.05, 3.63) is 41.5 Å². The average molecular weight is 468 g/mol. The lowest BCUT2D eigenvalue weighted by atomic mass is 10.1. The van der Waals surface area contributed by atoms with Crippen LogP contribution >= 0.6 is 0 Å². The van der Waals surface area contributed by atoms with Crippen molar-refractivity contribution in [2.24, 2.45) is 0 Å². The first kappa shape index (κ1) is 23.0. The third-order valence-electron chi connectivity index (χ3n) is 4.51. The van der Waals surface area contributed by atoms with Crippen LogP contribution < -0.4 is 0 Å². The van der Waals surface area contributed by atoms with Crippen molar-refractivity contribution >= 4 is 10.0 Å². The van der Waals surface area contributed by atoms with Gasteiger partial charge in [-0.3, -0.25) is 4.90 Å². The number of benzene rings is 1. The van der Waals surface area contributed by atoms with Crippen LogP contribution in [0.4, 0.5) is 26.3 Å². The largest absolute Gasteiger partial charge is 0.416 e. The predicted octanol–water partition coefficient (Wildman–Crippen LogP) is 2.15. The number of sulfonamides is 1. The molecule has 15 heteroatoms. The zero-order chi connectivity index (χ0) is 23.0. The molecule has 1 aromatic carbocycles. The van der Waals surface area contributed by atoms with Gasteiger partial charge in [0.1, 0.15) is 12.4 Å².